The van der Waals surface area contributed by atoms with Crippen molar-refractivity contribution in [3.8, 4) is 0 Å². The van der Waals surface area contributed by atoms with Gasteiger partial charge in [0.1, 0.15) is 0 Å². The van der Waals surface area contributed by atoms with Crippen molar-refractivity contribution in [3.63, 3.8) is 0 Å². The minimum Gasteiger partial charge on any atom is -0.394 e. The minimum atomic E-state index is -0.224. The van der Waals surface area contributed by atoms with Crippen LogP contribution in [0.25, 0.3) is 0 Å². The molecular formula is C13H23NO2S. The first-order valence-electron chi connectivity index (χ1n) is 6.73. The van der Waals surface area contributed by atoms with E-state index in [9.17, 15) is 9.90 Å². The molecule has 98 valence electrons. The molecule has 2 rings (SSSR count). The van der Waals surface area contributed by atoms with Gasteiger partial charge >= 0.3 is 0 Å². The lowest BCUT2D eigenvalue weighted by Crippen LogP contribution is -2.50. The highest BCUT2D eigenvalue weighted by atomic mass is 32.2. The number of carbonyl (C=O) groups excluding carboxylic acids is 1. The van der Waals surface area contributed by atoms with Crippen molar-refractivity contribution in [3.05, 3.63) is 0 Å². The molecule has 0 aromatic carbocycles. The molecule has 2 saturated heterocycles. The molecule has 0 saturated carbocycles. The van der Waals surface area contributed by atoms with Crippen LogP contribution in [-0.2, 0) is 4.79 Å². The molecular weight excluding hydrogens is 234 g/mol. The topological polar surface area (TPSA) is 40.5 Å². The van der Waals surface area contributed by atoms with Gasteiger partial charge < -0.3 is 10.0 Å². The van der Waals surface area contributed by atoms with E-state index in [1.165, 1.54) is 6.42 Å². The number of carbonyl (C=O) groups is 1. The fraction of sp³-hybridized carbons (Fsp3) is 0.923. The first kappa shape index (κ1) is 13.2. The Morgan fingerprint density at radius 1 is 1.41 bits per heavy atom. The summed E-state index contributed by atoms with van der Waals surface area (Å²) >= 11 is 1.79. The van der Waals surface area contributed by atoms with Crippen molar-refractivity contribution in [2.24, 2.45) is 0 Å². The summed E-state index contributed by atoms with van der Waals surface area (Å²) in [5.74, 6) is 1.36. The summed E-state index contributed by atoms with van der Waals surface area (Å²) < 4.78 is -0.224. The van der Waals surface area contributed by atoms with Gasteiger partial charge in [0, 0.05) is 6.54 Å². The van der Waals surface area contributed by atoms with E-state index in [1.54, 1.807) is 11.8 Å². The Morgan fingerprint density at radius 3 is 2.88 bits per heavy atom. The van der Waals surface area contributed by atoms with E-state index >= 15 is 0 Å². The molecule has 17 heavy (non-hydrogen) atoms. The van der Waals surface area contributed by atoms with Crippen LogP contribution < -0.4 is 0 Å². The van der Waals surface area contributed by atoms with Crippen LogP contribution in [0.2, 0.25) is 0 Å². The van der Waals surface area contributed by atoms with Crippen molar-refractivity contribution in [2.45, 2.75) is 56.2 Å². The van der Waals surface area contributed by atoms with E-state index in [1.807, 2.05) is 4.90 Å². The van der Waals surface area contributed by atoms with Crippen LogP contribution in [0, 0.1) is 0 Å². The largest absolute Gasteiger partial charge is 0.394 e. The molecule has 1 amide bonds. The van der Waals surface area contributed by atoms with Crippen LogP contribution >= 0.6 is 11.8 Å². The molecule has 2 aliphatic rings. The number of nitrogens with zero attached hydrogens (tertiary/aromatic N) is 1. The molecule has 0 spiro atoms. The van der Waals surface area contributed by atoms with Gasteiger partial charge in [0.05, 0.1) is 17.4 Å². The lowest BCUT2D eigenvalue weighted by atomic mass is 10.0. The summed E-state index contributed by atoms with van der Waals surface area (Å²) in [7, 11) is 0. The molecule has 2 atom stereocenters. The predicted molar refractivity (Wildman–Crippen MR) is 71.2 cm³/mol. The second-order valence-electron chi connectivity index (χ2n) is 5.37. The molecule has 0 aliphatic carbocycles. The third-order valence-corrected chi connectivity index (χ3v) is 5.53. The molecule has 1 N–H and O–H groups in total. The Labute approximate surface area is 108 Å². The number of thioether (sulfide) groups is 1. The van der Waals surface area contributed by atoms with Crippen LogP contribution in [0.15, 0.2) is 0 Å². The molecule has 0 aromatic rings. The maximum Gasteiger partial charge on any atom is 0.238 e. The third kappa shape index (κ3) is 2.79. The number of hydrogen-bond donors (Lipinski definition) is 1. The highest BCUT2D eigenvalue weighted by Crippen LogP contribution is 2.40. The lowest BCUT2D eigenvalue weighted by Gasteiger charge is -2.35. The first-order valence-corrected chi connectivity index (χ1v) is 7.72. The van der Waals surface area contributed by atoms with Gasteiger partial charge in [0.15, 0.2) is 0 Å². The first-order chi connectivity index (χ1) is 8.17. The summed E-state index contributed by atoms with van der Waals surface area (Å²) in [4.78, 5) is 14.6. The van der Waals surface area contributed by atoms with E-state index in [4.69, 9.17) is 0 Å². The molecule has 2 unspecified atom stereocenters. The van der Waals surface area contributed by atoms with Gasteiger partial charge in [-0.05, 0) is 38.4 Å². The Bertz CT molecular complexity index is 277. The average molecular weight is 257 g/mol. The normalized spacial score (nSPS) is 34.7. The van der Waals surface area contributed by atoms with E-state index in [-0.39, 0.29) is 23.3 Å². The van der Waals surface area contributed by atoms with Crippen molar-refractivity contribution >= 4 is 17.7 Å². The minimum absolute atomic E-state index is 0.0584. The fourth-order valence-electron chi connectivity index (χ4n) is 2.89. The number of aliphatic hydroxyl groups excluding tert-OH is 1. The standard InChI is InChI=1S/C13H23NO2S/c1-13(7-5-9-17-13)12(16)14-8-4-2-3-6-11(14)10-15/h11,15H,2-10H2,1H3. The Kier molecular flexibility index (Phi) is 4.36. The zero-order chi connectivity index (χ0) is 12.3. The van der Waals surface area contributed by atoms with Gasteiger partial charge in [-0.2, -0.15) is 0 Å². The summed E-state index contributed by atoms with van der Waals surface area (Å²) in [6, 6.07) is 0.0584. The van der Waals surface area contributed by atoms with Gasteiger partial charge in [-0.1, -0.05) is 12.8 Å². The van der Waals surface area contributed by atoms with Gasteiger partial charge in [-0.3, -0.25) is 4.79 Å². The van der Waals surface area contributed by atoms with Gasteiger partial charge in [0.2, 0.25) is 5.91 Å². The van der Waals surface area contributed by atoms with E-state index < -0.39 is 0 Å². The Balaban J connectivity index is 2.09. The predicted octanol–water partition coefficient (Wildman–Crippen LogP) is 2.04. The van der Waals surface area contributed by atoms with Crippen molar-refractivity contribution in [1.29, 1.82) is 0 Å². The van der Waals surface area contributed by atoms with Crippen molar-refractivity contribution in [1.82, 2.24) is 4.90 Å². The molecule has 4 heteroatoms. The smallest absolute Gasteiger partial charge is 0.238 e. The van der Waals surface area contributed by atoms with Crippen LogP contribution in [0.5, 0.6) is 0 Å². The van der Waals surface area contributed by atoms with Crippen molar-refractivity contribution < 1.29 is 9.90 Å². The maximum atomic E-state index is 12.6. The number of amides is 1. The van der Waals surface area contributed by atoms with E-state index in [2.05, 4.69) is 6.92 Å². The second kappa shape index (κ2) is 5.61. The van der Waals surface area contributed by atoms with Crippen molar-refractivity contribution in [2.75, 3.05) is 18.9 Å². The van der Waals surface area contributed by atoms with Gasteiger partial charge in [-0.15, -0.1) is 11.8 Å². The summed E-state index contributed by atoms with van der Waals surface area (Å²) in [5.41, 5.74) is 0. The highest BCUT2D eigenvalue weighted by molar-refractivity contribution is 8.01. The zero-order valence-corrected chi connectivity index (χ0v) is 11.5. The van der Waals surface area contributed by atoms with Gasteiger partial charge in [0.25, 0.3) is 0 Å². The lowest BCUT2D eigenvalue weighted by molar-refractivity contribution is -0.136. The van der Waals surface area contributed by atoms with E-state index in [0.717, 1.165) is 44.4 Å². The Morgan fingerprint density at radius 2 is 2.24 bits per heavy atom. The number of rotatable bonds is 2. The van der Waals surface area contributed by atoms with Crippen LogP contribution in [0.4, 0.5) is 0 Å². The summed E-state index contributed by atoms with van der Waals surface area (Å²) in [6.45, 7) is 3.03. The molecule has 0 radical (unpaired) electrons. The number of hydrogen-bond acceptors (Lipinski definition) is 3. The molecule has 0 aromatic heterocycles. The van der Waals surface area contributed by atoms with Crippen LogP contribution in [0.3, 0.4) is 0 Å². The Hall–Kier alpha value is -0.220. The second-order valence-corrected chi connectivity index (χ2v) is 6.97. The van der Waals surface area contributed by atoms with Crippen LogP contribution in [0.1, 0.15) is 45.4 Å². The van der Waals surface area contributed by atoms with Crippen LogP contribution in [-0.4, -0.2) is 45.6 Å². The molecule has 3 nitrogen and oxygen atoms in total. The molecule has 0 bridgehead atoms. The molecule has 2 aliphatic heterocycles. The maximum absolute atomic E-state index is 12.6. The quantitative estimate of drug-likeness (QED) is 0.823. The SMILES string of the molecule is CC1(C(=O)N2CCCCCC2CO)CCCS1. The molecule has 2 heterocycles. The monoisotopic (exact) mass is 257 g/mol. The fourth-order valence-corrected chi connectivity index (χ4v) is 4.15. The van der Waals surface area contributed by atoms with E-state index in [0.29, 0.717) is 0 Å². The third-order valence-electron chi connectivity index (χ3n) is 4.02. The van der Waals surface area contributed by atoms with Gasteiger partial charge in [-0.25, -0.2) is 0 Å². The number of likely N-dealkylation sites (tertiary alicyclic amines) is 1. The average Bonchev–Trinajstić information content (AvgIpc) is 2.65. The zero-order valence-electron chi connectivity index (χ0n) is 10.7. The number of aliphatic hydroxyl groups is 1. The summed E-state index contributed by atoms with van der Waals surface area (Å²) in [6.07, 6.45) is 6.50. The highest BCUT2D eigenvalue weighted by Gasteiger charge is 2.41. The summed E-state index contributed by atoms with van der Waals surface area (Å²) in [5, 5.41) is 9.46. The molecule has 2 fully saturated rings.